The largest absolute Gasteiger partial charge is 0.381 e. The zero-order chi connectivity index (χ0) is 18.3. The van der Waals surface area contributed by atoms with Gasteiger partial charge in [0.25, 0.3) is 0 Å². The molecule has 0 saturated carbocycles. The summed E-state index contributed by atoms with van der Waals surface area (Å²) in [4.78, 5) is 14.7. The molecule has 1 amide bonds. The highest BCUT2D eigenvalue weighted by molar-refractivity contribution is 5.79. The molecule has 0 aliphatic carbocycles. The summed E-state index contributed by atoms with van der Waals surface area (Å²) in [6, 6.07) is 10.2. The van der Waals surface area contributed by atoms with E-state index in [2.05, 4.69) is 18.3 Å². The summed E-state index contributed by atoms with van der Waals surface area (Å²) in [5.41, 5.74) is 3.05. The minimum atomic E-state index is -0.351. The van der Waals surface area contributed by atoms with Gasteiger partial charge in [-0.1, -0.05) is 18.2 Å². The van der Waals surface area contributed by atoms with Crippen LogP contribution in [-0.2, 0) is 26.3 Å². The molecule has 4 heterocycles. The highest BCUT2D eigenvalue weighted by Gasteiger charge is 2.44. The summed E-state index contributed by atoms with van der Waals surface area (Å²) in [6.45, 7) is 3.46. The smallest absolute Gasteiger partial charge is 0.228 e. The number of carbonyl (C=O) groups is 1. The van der Waals surface area contributed by atoms with Crippen molar-refractivity contribution in [3.05, 3.63) is 47.8 Å². The van der Waals surface area contributed by atoms with Crippen molar-refractivity contribution >= 4 is 5.91 Å². The lowest BCUT2D eigenvalue weighted by molar-refractivity contribution is -0.145. The molecule has 3 aliphatic rings. The topological polar surface area (TPSA) is 56.6 Å². The molecule has 2 aromatic rings. The fraction of sp³-hybridized carbons (Fsp3) is 0.524. The molecule has 0 bridgehead atoms. The van der Waals surface area contributed by atoms with Crippen molar-refractivity contribution in [3.8, 4) is 5.69 Å². The molecule has 0 radical (unpaired) electrons. The maximum Gasteiger partial charge on any atom is 0.228 e. The molecular weight excluding hydrogens is 342 g/mol. The molecule has 142 valence electrons. The van der Waals surface area contributed by atoms with E-state index in [1.165, 1.54) is 5.56 Å². The Morgan fingerprint density at radius 2 is 1.96 bits per heavy atom. The van der Waals surface area contributed by atoms with Crippen molar-refractivity contribution in [3.63, 3.8) is 0 Å². The number of para-hydroxylation sites is 1. The van der Waals surface area contributed by atoms with E-state index < -0.39 is 0 Å². The lowest BCUT2D eigenvalue weighted by Gasteiger charge is -2.43. The van der Waals surface area contributed by atoms with Gasteiger partial charge in [0.1, 0.15) is 5.60 Å². The van der Waals surface area contributed by atoms with E-state index in [1.54, 1.807) is 0 Å². The zero-order valence-corrected chi connectivity index (χ0v) is 15.5. The first-order valence-electron chi connectivity index (χ1n) is 9.90. The van der Waals surface area contributed by atoms with Crippen LogP contribution >= 0.6 is 0 Å². The van der Waals surface area contributed by atoms with Crippen molar-refractivity contribution in [1.82, 2.24) is 14.7 Å². The molecule has 3 aliphatic heterocycles. The van der Waals surface area contributed by atoms with Gasteiger partial charge in [-0.3, -0.25) is 4.79 Å². The molecule has 6 nitrogen and oxygen atoms in total. The lowest BCUT2D eigenvalue weighted by atomic mass is 9.83. The molecule has 1 aromatic heterocycles. The minimum absolute atomic E-state index is 0.0409. The maximum atomic E-state index is 12.7. The Morgan fingerprint density at radius 1 is 1.15 bits per heavy atom. The molecule has 27 heavy (non-hydrogen) atoms. The van der Waals surface area contributed by atoms with Crippen LogP contribution in [-0.4, -0.2) is 53.5 Å². The second-order valence-electron chi connectivity index (χ2n) is 7.76. The van der Waals surface area contributed by atoms with Crippen LogP contribution in [0.2, 0.25) is 0 Å². The third-order valence-corrected chi connectivity index (χ3v) is 6.15. The summed E-state index contributed by atoms with van der Waals surface area (Å²) < 4.78 is 13.6. The van der Waals surface area contributed by atoms with Crippen molar-refractivity contribution in [1.29, 1.82) is 0 Å². The summed E-state index contributed by atoms with van der Waals surface area (Å²) in [7, 11) is 0. The molecule has 1 spiro atoms. The molecule has 0 N–H and O–H groups in total. The first-order chi connectivity index (χ1) is 13.3. The van der Waals surface area contributed by atoms with Crippen LogP contribution in [0.25, 0.3) is 5.69 Å². The van der Waals surface area contributed by atoms with E-state index in [0.717, 1.165) is 56.8 Å². The predicted molar refractivity (Wildman–Crippen MR) is 99.6 cm³/mol. The van der Waals surface area contributed by atoms with Gasteiger partial charge >= 0.3 is 0 Å². The van der Waals surface area contributed by atoms with Gasteiger partial charge in [-0.05, 0) is 43.4 Å². The van der Waals surface area contributed by atoms with Gasteiger partial charge in [0.2, 0.25) is 5.91 Å². The van der Waals surface area contributed by atoms with Gasteiger partial charge in [0, 0.05) is 25.9 Å². The summed E-state index contributed by atoms with van der Waals surface area (Å²) in [5.74, 6) is 0.285. The van der Waals surface area contributed by atoms with Crippen LogP contribution in [0.4, 0.5) is 0 Å². The van der Waals surface area contributed by atoms with Crippen molar-refractivity contribution in [2.24, 2.45) is 5.92 Å². The molecule has 1 aromatic carbocycles. The van der Waals surface area contributed by atoms with Crippen LogP contribution in [0.1, 0.15) is 30.5 Å². The molecular formula is C21H25N3O3. The molecule has 6 heteroatoms. The summed E-state index contributed by atoms with van der Waals surface area (Å²) in [5, 5.41) is 4.91. The van der Waals surface area contributed by atoms with E-state index in [1.807, 2.05) is 27.8 Å². The SMILES string of the molecule is O=C(C1CCOC1)N1CCC2(CC1)OCCc1cn(-c3ccccc3)nc12. The lowest BCUT2D eigenvalue weighted by Crippen LogP contribution is -2.49. The van der Waals surface area contributed by atoms with Gasteiger partial charge in [-0.2, -0.15) is 5.10 Å². The number of ether oxygens (including phenoxy) is 2. The van der Waals surface area contributed by atoms with Gasteiger partial charge in [0.15, 0.2) is 0 Å². The maximum absolute atomic E-state index is 12.7. The normalized spacial score (nSPS) is 24.1. The highest BCUT2D eigenvalue weighted by atomic mass is 16.5. The van der Waals surface area contributed by atoms with E-state index in [9.17, 15) is 4.79 Å². The predicted octanol–water partition coefficient (Wildman–Crippen LogP) is 2.30. The monoisotopic (exact) mass is 367 g/mol. The fourth-order valence-corrected chi connectivity index (χ4v) is 4.57. The second-order valence-corrected chi connectivity index (χ2v) is 7.76. The highest BCUT2D eigenvalue weighted by Crippen LogP contribution is 2.41. The first-order valence-corrected chi connectivity index (χ1v) is 9.90. The average Bonchev–Trinajstić information content (AvgIpc) is 3.40. The Labute approximate surface area is 159 Å². The molecule has 2 saturated heterocycles. The van der Waals surface area contributed by atoms with Gasteiger partial charge in [0.05, 0.1) is 30.5 Å². The second kappa shape index (κ2) is 6.77. The van der Waals surface area contributed by atoms with Crippen LogP contribution < -0.4 is 0 Å². The Morgan fingerprint density at radius 3 is 2.70 bits per heavy atom. The van der Waals surface area contributed by atoms with Crippen molar-refractivity contribution in [2.45, 2.75) is 31.3 Å². The van der Waals surface area contributed by atoms with Crippen LogP contribution in [0.15, 0.2) is 36.5 Å². The quantitative estimate of drug-likeness (QED) is 0.817. The van der Waals surface area contributed by atoms with Crippen LogP contribution in [0.3, 0.4) is 0 Å². The van der Waals surface area contributed by atoms with E-state index in [-0.39, 0.29) is 17.4 Å². The molecule has 5 rings (SSSR count). The van der Waals surface area contributed by atoms with Crippen LogP contribution in [0.5, 0.6) is 0 Å². The fourth-order valence-electron chi connectivity index (χ4n) is 4.57. The van der Waals surface area contributed by atoms with Gasteiger partial charge in [-0.25, -0.2) is 4.68 Å². The number of nitrogens with zero attached hydrogens (tertiary/aromatic N) is 3. The van der Waals surface area contributed by atoms with E-state index >= 15 is 0 Å². The summed E-state index contributed by atoms with van der Waals surface area (Å²) >= 11 is 0. The number of likely N-dealkylation sites (tertiary alicyclic amines) is 1. The Kier molecular flexibility index (Phi) is 4.25. The number of rotatable bonds is 2. The van der Waals surface area contributed by atoms with Gasteiger partial charge in [-0.15, -0.1) is 0 Å². The van der Waals surface area contributed by atoms with E-state index in [0.29, 0.717) is 13.2 Å². The summed E-state index contributed by atoms with van der Waals surface area (Å²) in [6.07, 6.45) is 5.51. The van der Waals surface area contributed by atoms with Gasteiger partial charge < -0.3 is 14.4 Å². The average molecular weight is 367 g/mol. The number of carbonyl (C=O) groups excluding carboxylic acids is 1. The third kappa shape index (κ3) is 2.97. The number of piperidine rings is 1. The number of fused-ring (bicyclic) bond motifs is 2. The number of aromatic nitrogens is 2. The third-order valence-electron chi connectivity index (χ3n) is 6.15. The molecule has 1 unspecified atom stereocenters. The number of amides is 1. The Hall–Kier alpha value is -2.18. The number of benzene rings is 1. The molecule has 2 fully saturated rings. The van der Waals surface area contributed by atoms with Crippen molar-refractivity contribution < 1.29 is 14.3 Å². The number of hydrogen-bond acceptors (Lipinski definition) is 4. The Balaban J connectivity index is 1.36. The zero-order valence-electron chi connectivity index (χ0n) is 15.5. The standard InChI is InChI=1S/C21H25N3O3/c25-20(17-6-12-26-15-17)23-10-8-21(9-11-23)19-16(7-13-27-21)14-24(22-19)18-4-2-1-3-5-18/h1-5,14,17H,6-13,15H2. The van der Waals surface area contributed by atoms with Crippen molar-refractivity contribution in [2.75, 3.05) is 32.9 Å². The first kappa shape index (κ1) is 17.0. The Bertz CT molecular complexity index is 818. The minimum Gasteiger partial charge on any atom is -0.381 e. The van der Waals surface area contributed by atoms with E-state index in [4.69, 9.17) is 14.6 Å². The number of hydrogen-bond donors (Lipinski definition) is 0. The van der Waals surface area contributed by atoms with Crippen LogP contribution in [0, 0.1) is 5.92 Å². The molecule has 1 atom stereocenters.